The summed E-state index contributed by atoms with van der Waals surface area (Å²) in [7, 11) is 0. The highest BCUT2D eigenvalue weighted by atomic mass is 16.3. The minimum absolute atomic E-state index is 0.162. The molecule has 0 radical (unpaired) electrons. The van der Waals surface area contributed by atoms with Gasteiger partial charge in [-0.3, -0.25) is 0 Å². The fourth-order valence-electron chi connectivity index (χ4n) is 8.45. The lowest BCUT2D eigenvalue weighted by atomic mass is 9.66. The second kappa shape index (κ2) is 8.05. The maximum absolute atomic E-state index is 11.3. The monoisotopic (exact) mass is 416 g/mol. The van der Waals surface area contributed by atoms with Gasteiger partial charge >= 0.3 is 0 Å². The average molecular weight is 417 g/mol. The number of aliphatic hydroxyl groups is 2. The highest BCUT2D eigenvalue weighted by Crippen LogP contribution is 2.59. The zero-order valence-electron chi connectivity index (χ0n) is 18.4. The van der Waals surface area contributed by atoms with Crippen LogP contribution in [0.3, 0.4) is 0 Å². The van der Waals surface area contributed by atoms with Crippen LogP contribution < -0.4 is 0 Å². The standard InChI is InChI=1S/C29H36O2/c30-28-22-13-11-20(15-22)26(28)24(18-7-3-1-4-8-18)17-25(19-9-5-2-6-10-19)27-21-12-14-23(16-21)29(27)31/h1-10,20-31H,11-17H2. The van der Waals surface area contributed by atoms with Gasteiger partial charge in [0.2, 0.25) is 0 Å². The van der Waals surface area contributed by atoms with E-state index in [4.69, 9.17) is 0 Å². The summed E-state index contributed by atoms with van der Waals surface area (Å²) < 4.78 is 0. The first-order valence-corrected chi connectivity index (χ1v) is 12.7. The van der Waals surface area contributed by atoms with Gasteiger partial charge in [-0.05, 0) is 103 Å². The van der Waals surface area contributed by atoms with Crippen LogP contribution in [0.1, 0.15) is 67.9 Å². The number of fused-ring (bicyclic) bond motifs is 4. The first kappa shape index (κ1) is 20.0. The van der Waals surface area contributed by atoms with Crippen molar-refractivity contribution in [3.05, 3.63) is 71.8 Å². The summed E-state index contributed by atoms with van der Waals surface area (Å²) in [5.74, 6) is 3.78. The molecule has 6 rings (SSSR count). The minimum atomic E-state index is -0.162. The van der Waals surface area contributed by atoms with E-state index in [1.165, 1.54) is 49.7 Å². The number of benzene rings is 2. The smallest absolute Gasteiger partial charge is 0.0605 e. The molecule has 4 bridgehead atoms. The van der Waals surface area contributed by atoms with Gasteiger partial charge in [0, 0.05) is 0 Å². The Morgan fingerprint density at radius 2 is 0.968 bits per heavy atom. The third-order valence-electron chi connectivity index (χ3n) is 9.76. The van der Waals surface area contributed by atoms with Crippen LogP contribution in [-0.4, -0.2) is 22.4 Å². The van der Waals surface area contributed by atoms with Crippen molar-refractivity contribution >= 4 is 0 Å². The second-order valence-corrected chi connectivity index (χ2v) is 11.1. The fourth-order valence-corrected chi connectivity index (χ4v) is 8.45. The van der Waals surface area contributed by atoms with Crippen molar-refractivity contribution in [2.75, 3.05) is 0 Å². The molecule has 164 valence electrons. The lowest BCUT2D eigenvalue weighted by molar-refractivity contribution is 0.0238. The van der Waals surface area contributed by atoms with Crippen molar-refractivity contribution in [1.29, 1.82) is 0 Å². The van der Waals surface area contributed by atoms with Gasteiger partial charge in [-0.15, -0.1) is 0 Å². The lowest BCUT2D eigenvalue weighted by Crippen LogP contribution is -2.36. The molecule has 10 unspecified atom stereocenters. The molecule has 2 heteroatoms. The van der Waals surface area contributed by atoms with Gasteiger partial charge in [-0.25, -0.2) is 0 Å². The average Bonchev–Trinajstić information content (AvgIpc) is 3.59. The van der Waals surface area contributed by atoms with E-state index in [9.17, 15) is 10.2 Å². The van der Waals surface area contributed by atoms with Crippen molar-refractivity contribution in [2.24, 2.45) is 35.5 Å². The molecule has 4 saturated carbocycles. The largest absolute Gasteiger partial charge is 0.393 e. The maximum atomic E-state index is 11.3. The van der Waals surface area contributed by atoms with Crippen LogP contribution in [0.2, 0.25) is 0 Å². The number of hydrogen-bond donors (Lipinski definition) is 2. The second-order valence-electron chi connectivity index (χ2n) is 11.1. The number of hydrogen-bond acceptors (Lipinski definition) is 2. The Bertz CT molecular complexity index is 803. The summed E-state index contributed by atoms with van der Waals surface area (Å²) in [4.78, 5) is 0. The van der Waals surface area contributed by atoms with Crippen molar-refractivity contribution < 1.29 is 10.2 Å². The molecule has 0 heterocycles. The molecular formula is C29H36O2. The van der Waals surface area contributed by atoms with E-state index in [2.05, 4.69) is 60.7 Å². The Hall–Kier alpha value is -1.64. The summed E-state index contributed by atoms with van der Waals surface area (Å²) in [6.45, 7) is 0. The van der Waals surface area contributed by atoms with Gasteiger partial charge in [0.1, 0.15) is 0 Å². The van der Waals surface area contributed by atoms with Gasteiger partial charge in [-0.1, -0.05) is 60.7 Å². The Kier molecular flexibility index (Phi) is 5.19. The molecule has 4 aliphatic carbocycles. The van der Waals surface area contributed by atoms with Crippen LogP contribution in [0.4, 0.5) is 0 Å². The van der Waals surface area contributed by atoms with Crippen LogP contribution >= 0.6 is 0 Å². The van der Waals surface area contributed by atoms with E-state index in [-0.39, 0.29) is 12.2 Å². The third-order valence-corrected chi connectivity index (χ3v) is 9.76. The Balaban J connectivity index is 1.38. The molecule has 2 aromatic carbocycles. The van der Waals surface area contributed by atoms with Crippen LogP contribution in [0, 0.1) is 35.5 Å². The summed E-state index contributed by atoms with van der Waals surface area (Å²) in [5, 5.41) is 22.5. The molecule has 0 saturated heterocycles. The van der Waals surface area contributed by atoms with E-state index in [1.54, 1.807) is 0 Å². The molecule has 0 spiro atoms. The zero-order valence-corrected chi connectivity index (χ0v) is 18.4. The van der Waals surface area contributed by atoms with Crippen molar-refractivity contribution in [3.63, 3.8) is 0 Å². The van der Waals surface area contributed by atoms with Gasteiger partial charge in [-0.2, -0.15) is 0 Å². The van der Waals surface area contributed by atoms with Gasteiger partial charge in [0.05, 0.1) is 12.2 Å². The predicted molar refractivity (Wildman–Crippen MR) is 124 cm³/mol. The Morgan fingerprint density at radius 1 is 0.581 bits per heavy atom. The summed E-state index contributed by atoms with van der Waals surface area (Å²) >= 11 is 0. The fraction of sp³-hybridized carbons (Fsp3) is 0.586. The van der Waals surface area contributed by atoms with Gasteiger partial charge < -0.3 is 10.2 Å². The highest BCUT2D eigenvalue weighted by molar-refractivity contribution is 5.28. The molecule has 2 N–H and O–H groups in total. The molecule has 4 fully saturated rings. The molecule has 2 aromatic rings. The van der Waals surface area contributed by atoms with E-state index < -0.39 is 0 Å². The Morgan fingerprint density at radius 3 is 1.32 bits per heavy atom. The first-order valence-electron chi connectivity index (χ1n) is 12.7. The van der Waals surface area contributed by atoms with Gasteiger partial charge in [0.15, 0.2) is 0 Å². The molecule has 0 amide bonds. The van der Waals surface area contributed by atoms with Crippen LogP contribution in [0.25, 0.3) is 0 Å². The highest BCUT2D eigenvalue weighted by Gasteiger charge is 2.53. The topological polar surface area (TPSA) is 40.5 Å². The van der Waals surface area contributed by atoms with Crippen LogP contribution in [-0.2, 0) is 0 Å². The van der Waals surface area contributed by atoms with E-state index in [0.29, 0.717) is 47.3 Å². The predicted octanol–water partition coefficient (Wildman–Crippen LogP) is 5.76. The van der Waals surface area contributed by atoms with E-state index in [1.807, 2.05) is 0 Å². The van der Waals surface area contributed by atoms with E-state index >= 15 is 0 Å². The van der Waals surface area contributed by atoms with Crippen molar-refractivity contribution in [1.82, 2.24) is 0 Å². The molecule has 0 aliphatic heterocycles. The lowest BCUT2D eigenvalue weighted by Gasteiger charge is -2.40. The summed E-state index contributed by atoms with van der Waals surface area (Å²) in [6, 6.07) is 22.0. The first-order chi connectivity index (χ1) is 15.2. The van der Waals surface area contributed by atoms with Crippen molar-refractivity contribution in [3.8, 4) is 0 Å². The van der Waals surface area contributed by atoms with Crippen LogP contribution in [0.5, 0.6) is 0 Å². The molecule has 10 atom stereocenters. The SMILES string of the molecule is OC1C2CCC(C2)C1C(CC(c1ccccc1)C1C2CCC(C2)C1O)c1ccccc1. The van der Waals surface area contributed by atoms with Gasteiger partial charge in [0.25, 0.3) is 0 Å². The van der Waals surface area contributed by atoms with E-state index in [0.717, 1.165) is 6.42 Å². The number of aliphatic hydroxyl groups excluding tert-OH is 2. The molecule has 2 nitrogen and oxygen atoms in total. The third kappa shape index (κ3) is 3.38. The molecular weight excluding hydrogens is 380 g/mol. The number of rotatable bonds is 6. The maximum Gasteiger partial charge on any atom is 0.0605 e. The molecule has 0 aromatic heterocycles. The normalized spacial score (nSPS) is 40.3. The molecule has 31 heavy (non-hydrogen) atoms. The van der Waals surface area contributed by atoms with Crippen molar-refractivity contribution in [2.45, 2.75) is 69.0 Å². The molecule has 4 aliphatic rings. The quantitative estimate of drug-likeness (QED) is 0.629. The minimum Gasteiger partial charge on any atom is -0.393 e. The Labute approximate surface area is 186 Å². The zero-order chi connectivity index (χ0) is 20.9. The van der Waals surface area contributed by atoms with Crippen LogP contribution in [0.15, 0.2) is 60.7 Å². The summed E-state index contributed by atoms with van der Waals surface area (Å²) in [6.07, 6.45) is 8.11. The summed E-state index contributed by atoms with van der Waals surface area (Å²) in [5.41, 5.74) is 2.77.